The van der Waals surface area contributed by atoms with Gasteiger partial charge in [-0.05, 0) is 48.0 Å². The summed E-state index contributed by atoms with van der Waals surface area (Å²) in [5, 5.41) is 8.70. The smallest absolute Gasteiger partial charge is 0.329 e. The van der Waals surface area contributed by atoms with Gasteiger partial charge >= 0.3 is 11.8 Å². The van der Waals surface area contributed by atoms with Crippen LogP contribution in [-0.2, 0) is 20.9 Å². The summed E-state index contributed by atoms with van der Waals surface area (Å²) in [5.74, 6) is -1.45. The average Bonchev–Trinajstić information content (AvgIpc) is 3.37. The molecule has 3 amide bonds. The standard InChI is InChI=1S/C25H20ClFN4O6/c26-18-10-17(6-7-19(18)27)30-23(32)13-35-20-4-2-1-3-16(20)12-29-31-25(34)24(33)28-11-15-5-8-21-22(9-15)37-14-36-21/h1-10,12H,11,13-14H2,(H,28,33)(H,30,32)(H,31,34)/b29-12-. The molecule has 3 N–H and O–H groups in total. The molecule has 4 rings (SSSR count). The number of carbonyl (C=O) groups is 3. The number of carbonyl (C=O) groups excluding carboxylic acids is 3. The SMILES string of the molecule is O=C(COc1ccccc1/C=N\NC(=O)C(=O)NCc1ccc2c(c1)OCO2)Nc1ccc(F)c(Cl)c1. The first-order chi connectivity index (χ1) is 17.9. The maximum atomic E-state index is 13.3. The van der Waals surface area contributed by atoms with Crippen LogP contribution in [0.3, 0.4) is 0 Å². The van der Waals surface area contributed by atoms with Crippen molar-refractivity contribution < 1.29 is 33.0 Å². The second-order valence-electron chi connectivity index (χ2n) is 7.57. The third kappa shape index (κ3) is 6.95. The van der Waals surface area contributed by atoms with Crippen LogP contribution >= 0.6 is 11.6 Å². The van der Waals surface area contributed by atoms with Gasteiger partial charge in [-0.15, -0.1) is 0 Å². The number of hydrazone groups is 1. The first-order valence-electron chi connectivity index (χ1n) is 10.9. The van der Waals surface area contributed by atoms with E-state index in [0.29, 0.717) is 28.5 Å². The summed E-state index contributed by atoms with van der Waals surface area (Å²) in [7, 11) is 0. The molecule has 10 nitrogen and oxygen atoms in total. The van der Waals surface area contributed by atoms with Crippen molar-refractivity contribution >= 4 is 41.2 Å². The van der Waals surface area contributed by atoms with Gasteiger partial charge in [-0.2, -0.15) is 5.10 Å². The lowest BCUT2D eigenvalue weighted by Crippen LogP contribution is -2.37. The monoisotopic (exact) mass is 526 g/mol. The highest BCUT2D eigenvalue weighted by molar-refractivity contribution is 6.35. The van der Waals surface area contributed by atoms with Crippen LogP contribution in [-0.4, -0.2) is 37.3 Å². The second kappa shape index (κ2) is 11.9. The zero-order chi connectivity index (χ0) is 26.2. The maximum absolute atomic E-state index is 13.3. The van der Waals surface area contributed by atoms with Crippen molar-refractivity contribution in [2.45, 2.75) is 6.54 Å². The summed E-state index contributed by atoms with van der Waals surface area (Å²) >= 11 is 5.71. The fraction of sp³-hybridized carbons (Fsp3) is 0.120. The number of nitrogens with one attached hydrogen (secondary N) is 3. The predicted molar refractivity (Wildman–Crippen MR) is 132 cm³/mol. The Bertz CT molecular complexity index is 1370. The van der Waals surface area contributed by atoms with Crippen molar-refractivity contribution in [2.75, 3.05) is 18.7 Å². The number of rotatable bonds is 8. The third-order valence-corrected chi connectivity index (χ3v) is 5.24. The molecule has 12 heteroatoms. The number of hydrogen-bond donors (Lipinski definition) is 3. The van der Waals surface area contributed by atoms with E-state index in [9.17, 15) is 18.8 Å². The van der Waals surface area contributed by atoms with Crippen molar-refractivity contribution in [1.82, 2.24) is 10.7 Å². The van der Waals surface area contributed by atoms with Crippen molar-refractivity contribution in [3.05, 3.63) is 82.6 Å². The van der Waals surface area contributed by atoms with Crippen LogP contribution in [0.4, 0.5) is 10.1 Å². The molecule has 190 valence electrons. The number of hydrogen-bond acceptors (Lipinski definition) is 7. The number of amides is 3. The Morgan fingerprint density at radius 3 is 2.68 bits per heavy atom. The molecule has 3 aromatic rings. The number of anilines is 1. The lowest BCUT2D eigenvalue weighted by atomic mass is 10.2. The molecule has 0 bridgehead atoms. The number of para-hydroxylation sites is 1. The van der Waals surface area contributed by atoms with Crippen molar-refractivity contribution in [1.29, 1.82) is 0 Å². The van der Waals surface area contributed by atoms with Crippen LogP contribution in [0.25, 0.3) is 0 Å². The van der Waals surface area contributed by atoms with Gasteiger partial charge in [0.1, 0.15) is 11.6 Å². The second-order valence-corrected chi connectivity index (χ2v) is 7.98. The molecular weight excluding hydrogens is 507 g/mol. The highest BCUT2D eigenvalue weighted by Gasteiger charge is 2.16. The van der Waals surface area contributed by atoms with Gasteiger partial charge in [-0.25, -0.2) is 9.82 Å². The van der Waals surface area contributed by atoms with E-state index in [1.165, 1.54) is 18.3 Å². The predicted octanol–water partition coefficient (Wildman–Crippen LogP) is 2.99. The first kappa shape index (κ1) is 25.5. The number of nitrogens with zero attached hydrogens (tertiary/aromatic N) is 1. The first-order valence-corrected chi connectivity index (χ1v) is 11.2. The summed E-state index contributed by atoms with van der Waals surface area (Å²) in [5.41, 5.74) is 3.63. The van der Waals surface area contributed by atoms with Gasteiger partial charge in [0.2, 0.25) is 6.79 Å². The minimum absolute atomic E-state index is 0.107. The van der Waals surface area contributed by atoms with Crippen LogP contribution in [0.15, 0.2) is 65.8 Å². The molecule has 3 aromatic carbocycles. The van der Waals surface area contributed by atoms with E-state index in [2.05, 4.69) is 21.2 Å². The Hall–Kier alpha value is -4.64. The molecule has 1 heterocycles. The number of ether oxygens (including phenoxy) is 3. The molecule has 0 atom stereocenters. The highest BCUT2D eigenvalue weighted by Crippen LogP contribution is 2.32. The minimum Gasteiger partial charge on any atom is -0.483 e. The van der Waals surface area contributed by atoms with Crippen molar-refractivity contribution in [3.8, 4) is 17.2 Å². The summed E-state index contributed by atoms with van der Waals surface area (Å²) in [4.78, 5) is 36.3. The number of halogens is 2. The topological polar surface area (TPSA) is 127 Å². The van der Waals surface area contributed by atoms with E-state index in [1.807, 2.05) is 0 Å². The Morgan fingerprint density at radius 2 is 1.84 bits per heavy atom. The van der Waals surface area contributed by atoms with Gasteiger partial charge in [0.15, 0.2) is 18.1 Å². The molecule has 0 spiro atoms. The van der Waals surface area contributed by atoms with Gasteiger partial charge in [0.05, 0.1) is 11.2 Å². The normalized spacial score (nSPS) is 11.7. The quantitative estimate of drug-likeness (QED) is 0.235. The number of fused-ring (bicyclic) bond motifs is 1. The summed E-state index contributed by atoms with van der Waals surface area (Å²) in [6.45, 7) is -0.109. The Balaban J connectivity index is 1.25. The molecule has 0 aromatic heterocycles. The summed E-state index contributed by atoms with van der Waals surface area (Å²) < 4.78 is 29.3. The molecule has 0 unspecified atom stereocenters. The van der Waals surface area contributed by atoms with E-state index in [-0.39, 0.29) is 25.0 Å². The fourth-order valence-corrected chi connectivity index (χ4v) is 3.34. The molecule has 0 fully saturated rings. The van der Waals surface area contributed by atoms with E-state index >= 15 is 0 Å². The van der Waals surface area contributed by atoms with E-state index < -0.39 is 23.5 Å². The third-order valence-electron chi connectivity index (χ3n) is 4.95. The van der Waals surface area contributed by atoms with Gasteiger partial charge in [0.25, 0.3) is 5.91 Å². The van der Waals surface area contributed by atoms with Crippen molar-refractivity contribution in [3.63, 3.8) is 0 Å². The van der Waals surface area contributed by atoms with Gasteiger partial charge in [-0.3, -0.25) is 14.4 Å². The van der Waals surface area contributed by atoms with Crippen LogP contribution in [0.1, 0.15) is 11.1 Å². The van der Waals surface area contributed by atoms with Gasteiger partial charge < -0.3 is 24.8 Å². The molecule has 0 radical (unpaired) electrons. The van der Waals surface area contributed by atoms with E-state index in [1.54, 1.807) is 42.5 Å². The zero-order valence-electron chi connectivity index (χ0n) is 19.1. The lowest BCUT2D eigenvalue weighted by Gasteiger charge is -2.10. The molecule has 0 saturated heterocycles. The lowest BCUT2D eigenvalue weighted by molar-refractivity contribution is -0.139. The number of benzene rings is 3. The van der Waals surface area contributed by atoms with Crippen molar-refractivity contribution in [2.24, 2.45) is 5.10 Å². The molecule has 37 heavy (non-hydrogen) atoms. The van der Waals surface area contributed by atoms with Gasteiger partial charge in [-0.1, -0.05) is 29.8 Å². The zero-order valence-corrected chi connectivity index (χ0v) is 19.9. The Morgan fingerprint density at radius 1 is 1.03 bits per heavy atom. The van der Waals surface area contributed by atoms with Crippen LogP contribution < -0.4 is 30.3 Å². The minimum atomic E-state index is -0.965. The summed E-state index contributed by atoms with van der Waals surface area (Å²) in [6.07, 6.45) is 1.27. The van der Waals surface area contributed by atoms with E-state index in [0.717, 1.165) is 11.6 Å². The highest BCUT2D eigenvalue weighted by atomic mass is 35.5. The van der Waals surface area contributed by atoms with Gasteiger partial charge in [0, 0.05) is 17.8 Å². The summed E-state index contributed by atoms with van der Waals surface area (Å²) in [6, 6.07) is 15.6. The Labute approximate surface area is 215 Å². The molecular formula is C25H20ClFN4O6. The largest absolute Gasteiger partial charge is 0.483 e. The van der Waals surface area contributed by atoms with Crippen LogP contribution in [0, 0.1) is 5.82 Å². The van der Waals surface area contributed by atoms with Crippen LogP contribution in [0.2, 0.25) is 5.02 Å². The Kier molecular flexibility index (Phi) is 8.16. The molecule has 1 aliphatic rings. The molecule has 0 aliphatic carbocycles. The molecule has 1 aliphatic heterocycles. The average molecular weight is 527 g/mol. The fourth-order valence-electron chi connectivity index (χ4n) is 3.16. The molecule has 0 saturated carbocycles. The van der Waals surface area contributed by atoms with E-state index in [4.69, 9.17) is 25.8 Å². The van der Waals surface area contributed by atoms with Crippen LogP contribution in [0.5, 0.6) is 17.2 Å². The maximum Gasteiger partial charge on any atom is 0.329 e.